The van der Waals surface area contributed by atoms with Crippen LogP contribution >= 0.6 is 0 Å². The Hall–Kier alpha value is -3.68. The molecule has 2 amide bonds. The van der Waals surface area contributed by atoms with Crippen molar-refractivity contribution >= 4 is 29.3 Å². The van der Waals surface area contributed by atoms with Gasteiger partial charge in [-0.05, 0) is 38.1 Å². The highest BCUT2D eigenvalue weighted by molar-refractivity contribution is 6.00. The van der Waals surface area contributed by atoms with Crippen molar-refractivity contribution in [1.29, 1.82) is 0 Å². The molecular formula is C21H22N2O6. The molecule has 2 N–H and O–H groups in total. The molecule has 2 aromatic carbocycles. The second-order valence-electron chi connectivity index (χ2n) is 6.14. The van der Waals surface area contributed by atoms with Crippen molar-refractivity contribution in [1.82, 2.24) is 5.32 Å². The molecule has 0 spiro atoms. The third-order valence-electron chi connectivity index (χ3n) is 3.96. The van der Waals surface area contributed by atoms with Crippen LogP contribution in [0, 0.1) is 0 Å². The lowest BCUT2D eigenvalue weighted by atomic mass is 10.1. The summed E-state index contributed by atoms with van der Waals surface area (Å²) in [4.78, 5) is 47.7. The van der Waals surface area contributed by atoms with E-state index in [0.29, 0.717) is 17.0 Å². The summed E-state index contributed by atoms with van der Waals surface area (Å²) in [5, 5.41) is 5.00. The fraction of sp³-hybridized carbons (Fsp3) is 0.238. The van der Waals surface area contributed by atoms with Crippen LogP contribution in [0.25, 0.3) is 0 Å². The Balaban J connectivity index is 1.86. The first-order chi connectivity index (χ1) is 13.8. The summed E-state index contributed by atoms with van der Waals surface area (Å²) in [6.07, 6.45) is -1.09. The average Bonchev–Trinajstić information content (AvgIpc) is 2.72. The zero-order valence-electron chi connectivity index (χ0n) is 16.4. The van der Waals surface area contributed by atoms with E-state index in [-0.39, 0.29) is 11.3 Å². The highest BCUT2D eigenvalue weighted by atomic mass is 16.5. The van der Waals surface area contributed by atoms with Crippen molar-refractivity contribution < 1.29 is 28.7 Å². The average molecular weight is 398 g/mol. The smallest absolute Gasteiger partial charge is 0.326 e. The molecule has 0 fully saturated rings. The third-order valence-corrected chi connectivity index (χ3v) is 3.96. The van der Waals surface area contributed by atoms with Gasteiger partial charge in [0.25, 0.3) is 11.8 Å². The number of hydrogen-bond acceptors (Lipinski definition) is 6. The number of anilines is 1. The maximum Gasteiger partial charge on any atom is 0.326 e. The van der Waals surface area contributed by atoms with Crippen LogP contribution in [0.3, 0.4) is 0 Å². The molecule has 0 saturated carbocycles. The molecular weight excluding hydrogens is 376 g/mol. The van der Waals surface area contributed by atoms with Crippen LogP contribution in [0.2, 0.25) is 0 Å². The number of ketones is 1. The normalized spacial score (nSPS) is 11.1. The van der Waals surface area contributed by atoms with E-state index < -0.39 is 30.4 Å². The Labute approximate surface area is 168 Å². The Kier molecular flexibility index (Phi) is 7.47. The van der Waals surface area contributed by atoms with Crippen molar-refractivity contribution in [3.05, 3.63) is 59.7 Å². The summed E-state index contributed by atoms with van der Waals surface area (Å²) >= 11 is 0. The van der Waals surface area contributed by atoms with Crippen molar-refractivity contribution in [2.24, 2.45) is 0 Å². The highest BCUT2D eigenvalue weighted by Crippen LogP contribution is 2.16. The van der Waals surface area contributed by atoms with Crippen LogP contribution in [0.4, 0.5) is 5.69 Å². The molecule has 0 aliphatic heterocycles. The van der Waals surface area contributed by atoms with Gasteiger partial charge >= 0.3 is 5.97 Å². The van der Waals surface area contributed by atoms with Gasteiger partial charge in [-0.3, -0.25) is 19.2 Å². The Bertz CT molecular complexity index is 925. The van der Waals surface area contributed by atoms with Gasteiger partial charge in [0.05, 0.1) is 12.7 Å². The lowest BCUT2D eigenvalue weighted by Gasteiger charge is -2.14. The first-order valence-electron chi connectivity index (χ1n) is 8.84. The van der Waals surface area contributed by atoms with Crippen LogP contribution in [0.1, 0.15) is 34.6 Å². The molecule has 152 valence electrons. The maximum absolute atomic E-state index is 12.2. The number of methoxy groups -OCH3 is 1. The maximum atomic E-state index is 12.2. The Morgan fingerprint density at radius 1 is 1.03 bits per heavy atom. The number of carbonyl (C=O) groups is 4. The molecule has 0 aliphatic rings. The summed E-state index contributed by atoms with van der Waals surface area (Å²) in [5.74, 6) is -1.59. The van der Waals surface area contributed by atoms with Gasteiger partial charge in [0.1, 0.15) is 12.3 Å². The molecule has 1 atom stereocenters. The third kappa shape index (κ3) is 6.17. The summed E-state index contributed by atoms with van der Waals surface area (Å²) < 4.78 is 10.1. The molecule has 0 radical (unpaired) electrons. The van der Waals surface area contributed by atoms with E-state index >= 15 is 0 Å². The number of nitrogens with one attached hydrogen (secondary N) is 2. The fourth-order valence-corrected chi connectivity index (χ4v) is 2.43. The first-order valence-corrected chi connectivity index (χ1v) is 8.84. The van der Waals surface area contributed by atoms with Crippen molar-refractivity contribution in [3.8, 4) is 5.75 Å². The predicted molar refractivity (Wildman–Crippen MR) is 106 cm³/mol. The minimum Gasteiger partial charge on any atom is -0.496 e. The van der Waals surface area contributed by atoms with Crippen LogP contribution in [0.15, 0.2) is 48.5 Å². The van der Waals surface area contributed by atoms with Crippen LogP contribution < -0.4 is 15.4 Å². The topological polar surface area (TPSA) is 111 Å². The summed E-state index contributed by atoms with van der Waals surface area (Å²) in [5.41, 5.74) is 1.14. The van der Waals surface area contributed by atoms with E-state index in [1.54, 1.807) is 42.5 Å². The number of benzene rings is 2. The largest absolute Gasteiger partial charge is 0.496 e. The van der Waals surface area contributed by atoms with E-state index in [1.807, 2.05) is 0 Å². The number of rotatable bonds is 8. The molecule has 8 nitrogen and oxygen atoms in total. The highest BCUT2D eigenvalue weighted by Gasteiger charge is 2.19. The molecule has 0 aliphatic carbocycles. The lowest BCUT2D eigenvalue weighted by Crippen LogP contribution is -2.36. The SMILES string of the molecule is COc1ccccc1C(=O)NCC(=O)OC(C)C(=O)Nc1cccc(C(C)=O)c1. The summed E-state index contributed by atoms with van der Waals surface area (Å²) in [6.45, 7) is 2.42. The molecule has 8 heteroatoms. The van der Waals surface area contributed by atoms with Crippen LogP contribution in [0.5, 0.6) is 5.75 Å². The fourth-order valence-electron chi connectivity index (χ4n) is 2.43. The van der Waals surface area contributed by atoms with Gasteiger partial charge in [-0.1, -0.05) is 24.3 Å². The molecule has 29 heavy (non-hydrogen) atoms. The van der Waals surface area contributed by atoms with Gasteiger partial charge in [0, 0.05) is 11.3 Å². The van der Waals surface area contributed by atoms with E-state index in [2.05, 4.69) is 10.6 Å². The molecule has 0 saturated heterocycles. The molecule has 1 unspecified atom stereocenters. The van der Waals surface area contributed by atoms with E-state index in [4.69, 9.17) is 9.47 Å². The zero-order chi connectivity index (χ0) is 21.4. The van der Waals surface area contributed by atoms with Crippen LogP contribution in [-0.2, 0) is 14.3 Å². The van der Waals surface area contributed by atoms with Gasteiger partial charge < -0.3 is 20.1 Å². The summed E-state index contributed by atoms with van der Waals surface area (Å²) in [7, 11) is 1.44. The van der Waals surface area contributed by atoms with E-state index in [9.17, 15) is 19.2 Å². The molecule has 0 bridgehead atoms. The van der Waals surface area contributed by atoms with Gasteiger partial charge in [-0.25, -0.2) is 0 Å². The zero-order valence-corrected chi connectivity index (χ0v) is 16.4. The number of amides is 2. The minimum atomic E-state index is -1.09. The monoisotopic (exact) mass is 398 g/mol. The molecule has 2 rings (SSSR count). The van der Waals surface area contributed by atoms with E-state index in [0.717, 1.165) is 0 Å². The second kappa shape index (κ2) is 10.0. The summed E-state index contributed by atoms with van der Waals surface area (Å²) in [6, 6.07) is 13.0. The molecule has 0 aromatic heterocycles. The number of para-hydroxylation sites is 1. The van der Waals surface area contributed by atoms with Crippen LogP contribution in [-0.4, -0.2) is 43.3 Å². The van der Waals surface area contributed by atoms with Gasteiger partial charge in [0.2, 0.25) is 0 Å². The van der Waals surface area contributed by atoms with E-state index in [1.165, 1.54) is 27.0 Å². The Morgan fingerprint density at radius 3 is 2.45 bits per heavy atom. The molecule has 2 aromatic rings. The lowest BCUT2D eigenvalue weighted by molar-refractivity contribution is -0.152. The van der Waals surface area contributed by atoms with Gasteiger partial charge in [-0.15, -0.1) is 0 Å². The van der Waals surface area contributed by atoms with Gasteiger partial charge in [0.15, 0.2) is 11.9 Å². The van der Waals surface area contributed by atoms with Gasteiger partial charge in [-0.2, -0.15) is 0 Å². The van der Waals surface area contributed by atoms with Crippen molar-refractivity contribution in [2.75, 3.05) is 19.0 Å². The number of Topliss-reactive ketones (excluding diaryl/α,β-unsaturated/α-hetero) is 1. The quantitative estimate of drug-likeness (QED) is 0.521. The van der Waals surface area contributed by atoms with Crippen molar-refractivity contribution in [2.45, 2.75) is 20.0 Å². The first kappa shape index (κ1) is 21.6. The number of esters is 1. The Morgan fingerprint density at radius 2 is 1.76 bits per heavy atom. The second-order valence-corrected chi connectivity index (χ2v) is 6.14. The predicted octanol–water partition coefficient (Wildman–Crippen LogP) is 2.20. The number of carbonyl (C=O) groups excluding carboxylic acids is 4. The number of hydrogen-bond donors (Lipinski definition) is 2. The standard InChI is InChI=1S/C21H22N2O6/c1-13(24)15-7-6-8-16(11-15)23-20(26)14(2)29-19(25)12-22-21(27)17-9-4-5-10-18(17)28-3/h4-11,14H,12H2,1-3H3,(H,22,27)(H,23,26). The molecule has 0 heterocycles. The van der Waals surface area contributed by atoms with Crippen molar-refractivity contribution in [3.63, 3.8) is 0 Å². The minimum absolute atomic E-state index is 0.133. The number of ether oxygens (including phenoxy) is 2.